The van der Waals surface area contributed by atoms with Crippen LogP contribution in [0.15, 0.2) is 30.3 Å². The molecule has 1 atom stereocenters. The highest BCUT2D eigenvalue weighted by Crippen LogP contribution is 2.22. The van der Waals surface area contributed by atoms with Gasteiger partial charge in [-0.3, -0.25) is 48.1 Å². The lowest BCUT2D eigenvalue weighted by molar-refractivity contribution is -0.163. The molecule has 9 N–H and O–H groups in total. The van der Waals surface area contributed by atoms with E-state index in [4.69, 9.17) is 9.47 Å². The molecule has 0 bridgehead atoms. The molecule has 23 nitrogen and oxygen atoms in total. The smallest absolute Gasteiger partial charge is 0.410 e. The van der Waals surface area contributed by atoms with Gasteiger partial charge in [0.15, 0.2) is 0 Å². The van der Waals surface area contributed by atoms with E-state index >= 15 is 0 Å². The Labute approximate surface area is 447 Å². The summed E-state index contributed by atoms with van der Waals surface area (Å²) < 4.78 is 10.8. The number of esters is 1. The van der Waals surface area contributed by atoms with Crippen molar-refractivity contribution in [3.8, 4) is 0 Å². The van der Waals surface area contributed by atoms with E-state index in [0.717, 1.165) is 5.56 Å². The lowest BCUT2D eigenvalue weighted by Crippen LogP contribution is -2.70. The Hall–Kier alpha value is -6.81. The van der Waals surface area contributed by atoms with E-state index in [1.807, 2.05) is 18.2 Å². The van der Waals surface area contributed by atoms with Crippen molar-refractivity contribution in [3.05, 3.63) is 35.9 Å². The normalized spacial score (nSPS) is 15.0. The van der Waals surface area contributed by atoms with Crippen LogP contribution in [0.5, 0.6) is 0 Å². The second kappa shape index (κ2) is 23.2. The van der Waals surface area contributed by atoms with Crippen molar-refractivity contribution in [3.63, 3.8) is 0 Å². The van der Waals surface area contributed by atoms with Gasteiger partial charge in [-0.15, -0.1) is 0 Å². The van der Waals surface area contributed by atoms with Gasteiger partial charge in [0, 0.05) is 6.54 Å². The number of amides is 10. The predicted octanol–water partition coefficient (Wildman–Crippen LogP) is 2.18. The van der Waals surface area contributed by atoms with Crippen molar-refractivity contribution in [2.45, 2.75) is 226 Å². The fourth-order valence-electron chi connectivity index (χ4n) is 6.88. The first-order valence-corrected chi connectivity index (χ1v) is 25.2. The molecule has 1 aliphatic heterocycles. The molecule has 1 heterocycles. The maximum atomic E-state index is 13.8. The van der Waals surface area contributed by atoms with Gasteiger partial charge in [-0.2, -0.15) is 0 Å². The molecule has 0 aliphatic carbocycles. The number of carbonyl (C=O) groups excluding carboxylic acids is 11. The molecule has 0 spiro atoms. The first kappa shape index (κ1) is 65.3. The fraction of sp³-hybridized carbons (Fsp3) is 0.679. The van der Waals surface area contributed by atoms with Gasteiger partial charge in [-0.1, -0.05) is 30.3 Å². The van der Waals surface area contributed by atoms with Crippen LogP contribution in [0.1, 0.15) is 164 Å². The largest absolute Gasteiger partial charge is 0.458 e. The number of hydrogen-bond donors (Lipinski definition) is 9. The zero-order chi connectivity index (χ0) is 59.2. The molecule has 76 heavy (non-hydrogen) atoms. The number of likely N-dealkylation sites (tertiary alicyclic amines) is 1. The number of ether oxygens (including phenoxy) is 2. The zero-order valence-electron chi connectivity index (χ0n) is 48.5. The first-order chi connectivity index (χ1) is 34.0. The average Bonchev–Trinajstić information content (AvgIpc) is 3.75. The summed E-state index contributed by atoms with van der Waals surface area (Å²) >= 11 is 0. The van der Waals surface area contributed by atoms with Crippen LogP contribution in [0.4, 0.5) is 4.79 Å². The maximum absolute atomic E-state index is 13.8. The van der Waals surface area contributed by atoms with Gasteiger partial charge in [0.1, 0.15) is 68.1 Å². The van der Waals surface area contributed by atoms with Gasteiger partial charge >= 0.3 is 12.1 Å². The Bertz CT molecular complexity index is 2420. The molecule has 23 heteroatoms. The van der Waals surface area contributed by atoms with Crippen molar-refractivity contribution in [2.75, 3.05) is 6.54 Å². The minimum absolute atomic E-state index is 0.0176. The Kier molecular flexibility index (Phi) is 19.9. The fourth-order valence-corrected chi connectivity index (χ4v) is 6.88. The van der Waals surface area contributed by atoms with Crippen molar-refractivity contribution in [1.82, 2.24) is 52.8 Å². The Morgan fingerprint density at radius 1 is 0.421 bits per heavy atom. The highest BCUT2D eigenvalue weighted by Gasteiger charge is 2.47. The van der Waals surface area contributed by atoms with Gasteiger partial charge in [-0.25, -0.2) is 9.59 Å². The lowest BCUT2D eigenvalue weighted by Gasteiger charge is -2.38. The zero-order valence-corrected chi connectivity index (χ0v) is 48.5. The molecule has 1 saturated heterocycles. The van der Waals surface area contributed by atoms with E-state index in [2.05, 4.69) is 47.9 Å². The molecule has 0 aromatic heterocycles. The van der Waals surface area contributed by atoms with Crippen molar-refractivity contribution < 1.29 is 62.2 Å². The molecule has 10 amide bonds. The monoisotopic (exact) mass is 1070 g/mol. The summed E-state index contributed by atoms with van der Waals surface area (Å²) in [5.74, 6) is -7.59. The third-order valence-corrected chi connectivity index (χ3v) is 12.3. The van der Waals surface area contributed by atoms with Gasteiger partial charge in [0.2, 0.25) is 53.2 Å². The number of rotatable bonds is 21. The third-order valence-electron chi connectivity index (χ3n) is 12.3. The quantitative estimate of drug-likeness (QED) is 0.0631. The SMILES string of the molecule is CC(C)(C)OC(=O)C(C)(C)NC(=O)C(C)(C)NC(=O)C(C)(C)NC(=O)C(C)(C)NC(=O)C([13CH3])([13CH3])NC(=O)C(C)(C)NC(=O)C(C)(C)NC(=O)C(C)(C)NC(=O)C(C)(C)NC(=O)[C@@H]1CCCN1C(=O)OCc1ccccc1. The molecule has 2 rings (SSSR count). The molecule has 1 aliphatic rings. The van der Waals surface area contributed by atoms with E-state index in [-0.39, 0.29) is 13.2 Å². The number of hydrogen-bond acceptors (Lipinski definition) is 13. The van der Waals surface area contributed by atoms with E-state index in [0.29, 0.717) is 12.8 Å². The van der Waals surface area contributed by atoms with Crippen LogP contribution < -0.4 is 47.9 Å². The van der Waals surface area contributed by atoms with E-state index in [1.54, 1.807) is 32.9 Å². The minimum atomic E-state index is -1.71. The van der Waals surface area contributed by atoms with Gasteiger partial charge in [0.25, 0.3) is 0 Å². The predicted molar refractivity (Wildman–Crippen MR) is 282 cm³/mol. The van der Waals surface area contributed by atoms with Gasteiger partial charge in [-0.05, 0) is 164 Å². The Morgan fingerprint density at radius 2 is 0.697 bits per heavy atom. The Morgan fingerprint density at radius 3 is 0.987 bits per heavy atom. The second-order valence-corrected chi connectivity index (χ2v) is 25.1. The third kappa shape index (κ3) is 17.9. The van der Waals surface area contributed by atoms with Crippen molar-refractivity contribution in [1.29, 1.82) is 0 Å². The molecular weight excluding hydrogens is 987 g/mol. The molecule has 426 valence electrons. The molecule has 1 aromatic carbocycles. The van der Waals surface area contributed by atoms with Gasteiger partial charge < -0.3 is 57.3 Å². The highest BCUT2D eigenvalue weighted by molar-refractivity contribution is 6.03. The topological polar surface area (TPSA) is 318 Å². The number of nitrogens with one attached hydrogen (secondary N) is 9. The van der Waals surface area contributed by atoms with E-state index in [1.165, 1.54) is 130 Å². The molecule has 0 unspecified atom stereocenters. The molecular formula is C53H86N10O13. The van der Waals surface area contributed by atoms with Crippen LogP contribution in [-0.4, -0.2) is 138 Å². The average molecular weight is 1070 g/mol. The summed E-state index contributed by atoms with van der Waals surface area (Å²) in [6.45, 7) is 30.5. The second-order valence-electron chi connectivity index (χ2n) is 25.1. The van der Waals surface area contributed by atoms with Crippen LogP contribution in [0, 0.1) is 0 Å². The molecule has 1 fully saturated rings. The standard InChI is InChI=1S/C53H86N10O13/c1-44(2,3)76-42(73)53(20,21)62-41(72)52(18,19)61-40(71)51(16,17)60-39(70)50(14,15)59-38(69)49(12,13)58-37(68)48(10,11)57-36(67)47(8,9)56-35(66)46(6,7)55-34(65)45(4,5)54-33(64)32-28-25-29-63(32)43(74)75-30-31-26-23-22-24-27-31/h22-24,26-27,32H,25,28-30H2,1-21H3,(H,54,64)(H,55,65)(H,56,66)(H,57,67)(H,58,68)(H,59,69)(H,60,70)(H,61,71)(H,62,72)/t32-/m0/s1/i12+1,13+1. The summed E-state index contributed by atoms with van der Waals surface area (Å²) in [5, 5.41) is 23.4. The van der Waals surface area contributed by atoms with E-state index < -0.39 is 127 Å². The summed E-state index contributed by atoms with van der Waals surface area (Å²) in [7, 11) is 0. The summed E-state index contributed by atoms with van der Waals surface area (Å²) in [5.41, 5.74) is -14.8. The van der Waals surface area contributed by atoms with E-state index in [9.17, 15) is 52.7 Å². The number of benzene rings is 1. The van der Waals surface area contributed by atoms with Crippen molar-refractivity contribution in [2.24, 2.45) is 0 Å². The number of carbonyl (C=O) groups is 11. The summed E-state index contributed by atoms with van der Waals surface area (Å²) in [6, 6.07) is 8.16. The lowest BCUT2D eigenvalue weighted by atomic mass is 9.94. The van der Waals surface area contributed by atoms with Gasteiger partial charge in [0.05, 0.1) is 0 Å². The van der Waals surface area contributed by atoms with Crippen LogP contribution >= 0.6 is 0 Å². The van der Waals surface area contributed by atoms with Crippen LogP contribution in [0.2, 0.25) is 0 Å². The first-order valence-electron chi connectivity index (χ1n) is 25.2. The van der Waals surface area contributed by atoms with Crippen LogP contribution in [-0.2, 0) is 64.0 Å². The summed E-state index contributed by atoms with van der Waals surface area (Å²) in [4.78, 5) is 150. The highest BCUT2D eigenvalue weighted by atomic mass is 16.6. The molecule has 0 saturated carbocycles. The molecule has 0 radical (unpaired) electrons. The maximum Gasteiger partial charge on any atom is 0.410 e. The Balaban J connectivity index is 2.04. The number of nitrogens with zero attached hydrogens (tertiary/aromatic N) is 1. The summed E-state index contributed by atoms with van der Waals surface area (Å²) in [6.07, 6.45) is 0.211. The van der Waals surface area contributed by atoms with Crippen molar-refractivity contribution >= 4 is 65.2 Å². The van der Waals surface area contributed by atoms with Crippen LogP contribution in [0.25, 0.3) is 0 Å². The van der Waals surface area contributed by atoms with Crippen LogP contribution in [0.3, 0.4) is 0 Å². The minimum Gasteiger partial charge on any atom is -0.458 e. The molecule has 1 aromatic rings.